The summed E-state index contributed by atoms with van der Waals surface area (Å²) in [5.74, 6) is 0. The minimum Gasteiger partial charge on any atom is -0.398 e. The van der Waals surface area contributed by atoms with Crippen molar-refractivity contribution in [3.05, 3.63) is 215 Å². The van der Waals surface area contributed by atoms with Crippen molar-refractivity contribution in [2.45, 2.75) is 36.0 Å². The molecule has 268 valence electrons. The lowest BCUT2D eigenvalue weighted by molar-refractivity contribution is 0.667. The fraction of sp³-hybridized carbons (Fsp3) is 0.0943. The number of hydrogen-bond donors (Lipinski definition) is 2. The third kappa shape index (κ3) is 4.77. The number of allylic oxidation sites excluding steroid dienone is 8. The Morgan fingerprint density at radius 1 is 0.589 bits per heavy atom. The summed E-state index contributed by atoms with van der Waals surface area (Å²) in [7, 11) is 0. The van der Waals surface area contributed by atoms with Crippen LogP contribution in [-0.4, -0.2) is 0 Å². The standard InChI is InChI=1S/C53H40N2S/c54-47-32-36-19-11-10-18-35(36)30-43(47)40-24-14-25-41-44-31-37(34-16-4-1-5-17-34)33-49(52(44)56)55-48-29-13-12-27-45(48)53(38-20-6-2-7-21-38,39-22-8-3-9-23-39)46-28-15-26-42(50(40)41)51(46)55/h1-8,10-13,15-22,25-33,56H,9,14,23-24,54H2. The van der Waals surface area contributed by atoms with Crippen LogP contribution in [0.25, 0.3) is 38.6 Å². The van der Waals surface area contributed by atoms with Crippen LogP contribution in [0.5, 0.6) is 0 Å². The Balaban J connectivity index is 1.33. The first-order valence-corrected chi connectivity index (χ1v) is 20.2. The third-order valence-electron chi connectivity index (χ3n) is 12.5. The topological polar surface area (TPSA) is 29.3 Å². The molecule has 0 aromatic heterocycles. The molecule has 2 aliphatic heterocycles. The average Bonchev–Trinajstić information content (AvgIpc) is 3.26. The second kappa shape index (κ2) is 12.9. The molecule has 3 heteroatoms. The zero-order valence-corrected chi connectivity index (χ0v) is 31.9. The van der Waals surface area contributed by atoms with Gasteiger partial charge in [-0.05, 0) is 117 Å². The average molecular weight is 737 g/mol. The van der Waals surface area contributed by atoms with Crippen molar-refractivity contribution in [3.8, 4) is 11.1 Å². The molecule has 1 atom stereocenters. The van der Waals surface area contributed by atoms with Crippen molar-refractivity contribution in [2.75, 3.05) is 10.6 Å². The van der Waals surface area contributed by atoms with Gasteiger partial charge in [-0.1, -0.05) is 151 Å². The lowest BCUT2D eigenvalue weighted by atomic mass is 9.59. The third-order valence-corrected chi connectivity index (χ3v) is 12.9. The summed E-state index contributed by atoms with van der Waals surface area (Å²) >= 11 is 5.54. The highest BCUT2D eigenvalue weighted by atomic mass is 32.1. The number of rotatable bonds is 4. The Hall–Kier alpha value is -6.29. The van der Waals surface area contributed by atoms with Gasteiger partial charge in [0.1, 0.15) is 0 Å². The molecule has 0 amide bonds. The van der Waals surface area contributed by atoms with Crippen LogP contribution in [0.3, 0.4) is 0 Å². The Morgan fingerprint density at radius 2 is 1.32 bits per heavy atom. The van der Waals surface area contributed by atoms with E-state index >= 15 is 0 Å². The molecular formula is C53H40N2S. The molecule has 0 radical (unpaired) electrons. The van der Waals surface area contributed by atoms with Gasteiger partial charge in [-0.25, -0.2) is 0 Å². The number of nitrogen functional groups attached to an aromatic ring is 1. The van der Waals surface area contributed by atoms with Gasteiger partial charge >= 0.3 is 0 Å². The number of hydrogen-bond acceptors (Lipinski definition) is 3. The second-order valence-electron chi connectivity index (χ2n) is 15.4. The monoisotopic (exact) mass is 736 g/mol. The Bertz CT molecular complexity index is 2880. The van der Waals surface area contributed by atoms with E-state index < -0.39 is 5.41 Å². The minimum absolute atomic E-state index is 0.526. The molecule has 0 saturated heterocycles. The number of nitrogens with zero attached hydrogens (tertiary/aromatic N) is 1. The van der Waals surface area contributed by atoms with Crippen molar-refractivity contribution in [3.63, 3.8) is 0 Å². The predicted molar refractivity (Wildman–Crippen MR) is 239 cm³/mol. The number of para-hydroxylation sites is 2. The lowest BCUT2D eigenvalue weighted by Crippen LogP contribution is -2.39. The van der Waals surface area contributed by atoms with Crippen LogP contribution in [0.2, 0.25) is 0 Å². The number of nitrogens with two attached hydrogens (primary N) is 1. The highest BCUT2D eigenvalue weighted by Crippen LogP contribution is 2.64. The van der Waals surface area contributed by atoms with E-state index in [2.05, 4.69) is 181 Å². The van der Waals surface area contributed by atoms with Crippen LogP contribution in [0.15, 0.2) is 186 Å². The van der Waals surface area contributed by atoms with Crippen molar-refractivity contribution < 1.29 is 0 Å². The summed E-state index contributed by atoms with van der Waals surface area (Å²) in [4.78, 5) is 3.52. The van der Waals surface area contributed by atoms with Gasteiger partial charge in [0.2, 0.25) is 0 Å². The van der Waals surface area contributed by atoms with Gasteiger partial charge in [0.05, 0.1) is 22.5 Å². The van der Waals surface area contributed by atoms with Crippen molar-refractivity contribution in [1.82, 2.24) is 0 Å². The van der Waals surface area contributed by atoms with Crippen LogP contribution in [0.1, 0.15) is 59.1 Å². The molecule has 2 N–H and O–H groups in total. The SMILES string of the molecule is Nc1cc2ccccc2cc1C1=C2C(=CCC1)c1cc(-c3ccccc3)cc(c1S)N1c3ccccc3C(C3=CC=CCC3)(c3ccccc3)c3cccc2c31. The van der Waals surface area contributed by atoms with Gasteiger partial charge < -0.3 is 10.6 Å². The highest BCUT2D eigenvalue weighted by Gasteiger charge is 2.49. The summed E-state index contributed by atoms with van der Waals surface area (Å²) in [6.45, 7) is 0. The summed E-state index contributed by atoms with van der Waals surface area (Å²) in [5.41, 5.74) is 25.7. The van der Waals surface area contributed by atoms with Crippen LogP contribution in [0, 0.1) is 0 Å². The van der Waals surface area contributed by atoms with Gasteiger partial charge in [0.15, 0.2) is 0 Å². The first-order chi connectivity index (χ1) is 27.6. The number of anilines is 4. The van der Waals surface area contributed by atoms with Gasteiger partial charge in [-0.3, -0.25) is 0 Å². The van der Waals surface area contributed by atoms with E-state index in [1.54, 1.807) is 0 Å². The van der Waals surface area contributed by atoms with Crippen LogP contribution >= 0.6 is 12.6 Å². The van der Waals surface area contributed by atoms with Crippen LogP contribution in [-0.2, 0) is 5.41 Å². The molecule has 4 aliphatic rings. The van der Waals surface area contributed by atoms with Crippen molar-refractivity contribution >= 4 is 62.9 Å². The van der Waals surface area contributed by atoms with E-state index in [1.165, 1.54) is 72.4 Å². The molecule has 7 aromatic rings. The molecule has 11 rings (SSSR count). The van der Waals surface area contributed by atoms with Gasteiger partial charge in [-0.15, -0.1) is 12.6 Å². The summed E-state index contributed by atoms with van der Waals surface area (Å²) in [5, 5.41) is 2.35. The number of thiol groups is 1. The van der Waals surface area contributed by atoms with E-state index in [4.69, 9.17) is 18.4 Å². The first-order valence-electron chi connectivity index (χ1n) is 19.7. The van der Waals surface area contributed by atoms with E-state index in [0.29, 0.717) is 0 Å². The Morgan fingerprint density at radius 3 is 2.12 bits per heavy atom. The minimum atomic E-state index is -0.526. The van der Waals surface area contributed by atoms with Crippen molar-refractivity contribution in [1.29, 1.82) is 0 Å². The summed E-state index contributed by atoms with van der Waals surface area (Å²) in [6.07, 6.45) is 13.2. The van der Waals surface area contributed by atoms with Crippen LogP contribution in [0.4, 0.5) is 22.7 Å². The zero-order chi connectivity index (χ0) is 37.4. The molecule has 0 spiro atoms. The maximum absolute atomic E-state index is 7.10. The molecule has 7 aromatic carbocycles. The van der Waals surface area contributed by atoms with E-state index in [9.17, 15) is 0 Å². The molecule has 0 saturated carbocycles. The smallest absolute Gasteiger partial charge is 0.0705 e. The van der Waals surface area contributed by atoms with Crippen LogP contribution < -0.4 is 10.6 Å². The van der Waals surface area contributed by atoms with Gasteiger partial charge in [-0.2, -0.15) is 0 Å². The maximum atomic E-state index is 7.10. The maximum Gasteiger partial charge on any atom is 0.0705 e. The predicted octanol–water partition coefficient (Wildman–Crippen LogP) is 13.9. The number of fused-ring (bicyclic) bond motifs is 9. The van der Waals surface area contributed by atoms with Gasteiger partial charge in [0, 0.05) is 21.7 Å². The fourth-order valence-electron chi connectivity index (χ4n) is 10.1. The van der Waals surface area contributed by atoms with E-state index in [1.807, 2.05) is 0 Å². The fourth-order valence-corrected chi connectivity index (χ4v) is 10.5. The molecule has 2 nitrogen and oxygen atoms in total. The molecular weight excluding hydrogens is 697 g/mol. The second-order valence-corrected chi connectivity index (χ2v) is 15.8. The molecule has 56 heavy (non-hydrogen) atoms. The molecule has 2 aliphatic carbocycles. The molecule has 2 heterocycles. The Kier molecular flexibility index (Phi) is 7.62. The number of benzene rings is 7. The molecule has 1 unspecified atom stereocenters. The Labute approximate surface area is 334 Å². The quantitative estimate of drug-likeness (QED) is 0.139. The molecule has 2 bridgehead atoms. The zero-order valence-electron chi connectivity index (χ0n) is 31.0. The lowest BCUT2D eigenvalue weighted by Gasteiger charge is -2.49. The summed E-state index contributed by atoms with van der Waals surface area (Å²) < 4.78 is 0. The summed E-state index contributed by atoms with van der Waals surface area (Å²) in [6, 6.07) is 55.9. The van der Waals surface area contributed by atoms with E-state index in [0.717, 1.165) is 58.5 Å². The molecule has 0 fully saturated rings. The largest absolute Gasteiger partial charge is 0.398 e. The van der Waals surface area contributed by atoms with E-state index in [-0.39, 0.29) is 0 Å². The highest BCUT2D eigenvalue weighted by molar-refractivity contribution is 7.80. The van der Waals surface area contributed by atoms with Gasteiger partial charge in [0.25, 0.3) is 0 Å². The normalized spacial score (nSPS) is 18.0. The van der Waals surface area contributed by atoms with Crippen molar-refractivity contribution in [2.24, 2.45) is 0 Å². The first kappa shape index (κ1) is 33.1.